The fraction of sp³-hybridized carbons (Fsp3) is 0.400. The number of carboxylic acid groups (broad SMARTS) is 1. The van der Waals surface area contributed by atoms with E-state index in [1.54, 1.807) is 0 Å². The Morgan fingerprint density at radius 3 is 2.45 bits per heavy atom. The van der Waals surface area contributed by atoms with Crippen molar-refractivity contribution in [3.63, 3.8) is 0 Å². The van der Waals surface area contributed by atoms with Crippen molar-refractivity contribution in [3.8, 4) is 0 Å². The van der Waals surface area contributed by atoms with Gasteiger partial charge in [0.1, 0.15) is 0 Å². The van der Waals surface area contributed by atoms with Crippen molar-refractivity contribution >= 4 is 17.6 Å². The van der Waals surface area contributed by atoms with Gasteiger partial charge in [-0.25, -0.2) is 5.43 Å². The third-order valence-electron chi connectivity index (χ3n) is 2.76. The highest BCUT2D eigenvalue weighted by Crippen LogP contribution is 2.06. The van der Waals surface area contributed by atoms with Crippen molar-refractivity contribution in [3.05, 3.63) is 35.9 Å². The lowest BCUT2D eigenvalue weighted by molar-refractivity contribution is -0.136. The van der Waals surface area contributed by atoms with Crippen LogP contribution >= 0.6 is 0 Å². The Balaban J connectivity index is 2.71. The molecule has 0 saturated heterocycles. The molecule has 1 rings (SSSR count). The average Bonchev–Trinajstić information content (AvgIpc) is 2.45. The molecule has 108 valence electrons. The lowest BCUT2D eigenvalue weighted by Gasteiger charge is -2.06. The summed E-state index contributed by atoms with van der Waals surface area (Å²) in [4.78, 5) is 22.2. The molecule has 5 heteroatoms. The van der Waals surface area contributed by atoms with Crippen LogP contribution in [0.2, 0.25) is 0 Å². The van der Waals surface area contributed by atoms with E-state index in [-0.39, 0.29) is 18.7 Å². The molecule has 0 fully saturated rings. The quantitative estimate of drug-likeness (QED) is 0.565. The Labute approximate surface area is 118 Å². The molecule has 20 heavy (non-hydrogen) atoms. The first-order chi connectivity index (χ1) is 9.63. The number of hydrogen-bond acceptors (Lipinski definition) is 3. The van der Waals surface area contributed by atoms with Crippen molar-refractivity contribution in [2.75, 3.05) is 0 Å². The molecule has 0 atom stereocenters. The number of carboxylic acids is 1. The van der Waals surface area contributed by atoms with Crippen molar-refractivity contribution in [2.24, 2.45) is 5.10 Å². The summed E-state index contributed by atoms with van der Waals surface area (Å²) >= 11 is 0. The highest BCUT2D eigenvalue weighted by Gasteiger charge is 2.07. The van der Waals surface area contributed by atoms with Gasteiger partial charge in [0.25, 0.3) is 0 Å². The first-order valence-electron chi connectivity index (χ1n) is 6.76. The number of unbranched alkanes of at least 4 members (excludes halogenated alkanes) is 1. The van der Waals surface area contributed by atoms with E-state index in [1.807, 2.05) is 37.3 Å². The third-order valence-corrected chi connectivity index (χ3v) is 2.76. The van der Waals surface area contributed by atoms with Gasteiger partial charge in [-0.1, -0.05) is 43.7 Å². The summed E-state index contributed by atoms with van der Waals surface area (Å²) in [6.45, 7) is 2.01. The minimum Gasteiger partial charge on any atom is -0.481 e. The zero-order chi connectivity index (χ0) is 14.8. The number of amides is 1. The summed E-state index contributed by atoms with van der Waals surface area (Å²) in [5, 5.41) is 12.8. The van der Waals surface area contributed by atoms with E-state index in [4.69, 9.17) is 5.11 Å². The van der Waals surface area contributed by atoms with Crippen LogP contribution in [-0.4, -0.2) is 22.7 Å². The summed E-state index contributed by atoms with van der Waals surface area (Å²) < 4.78 is 0. The molecule has 1 amide bonds. The smallest absolute Gasteiger partial charge is 0.303 e. The monoisotopic (exact) mass is 276 g/mol. The van der Waals surface area contributed by atoms with Crippen LogP contribution < -0.4 is 5.43 Å². The lowest BCUT2D eigenvalue weighted by Crippen LogP contribution is -2.20. The Morgan fingerprint density at radius 1 is 1.15 bits per heavy atom. The molecule has 0 aliphatic carbocycles. The fourth-order valence-corrected chi connectivity index (χ4v) is 1.64. The second-order valence-electron chi connectivity index (χ2n) is 4.46. The first kappa shape index (κ1) is 15.9. The number of nitrogens with one attached hydrogen (secondary N) is 1. The normalized spacial score (nSPS) is 11.2. The van der Waals surface area contributed by atoms with E-state index in [0.29, 0.717) is 12.1 Å². The Bertz CT molecular complexity index is 469. The van der Waals surface area contributed by atoms with Gasteiger partial charge in [-0.3, -0.25) is 9.59 Å². The number of hydrogen-bond donors (Lipinski definition) is 2. The van der Waals surface area contributed by atoms with Crippen LogP contribution in [0.5, 0.6) is 0 Å². The van der Waals surface area contributed by atoms with Crippen molar-refractivity contribution in [1.82, 2.24) is 5.43 Å². The van der Waals surface area contributed by atoms with E-state index >= 15 is 0 Å². The molecule has 0 spiro atoms. The van der Waals surface area contributed by atoms with Crippen LogP contribution in [-0.2, 0) is 9.59 Å². The molecule has 0 unspecified atom stereocenters. The molecular weight excluding hydrogens is 256 g/mol. The number of aliphatic carboxylic acids is 1. The molecule has 2 N–H and O–H groups in total. The van der Waals surface area contributed by atoms with Crippen LogP contribution in [0.1, 0.15) is 44.6 Å². The maximum absolute atomic E-state index is 11.5. The Morgan fingerprint density at radius 2 is 1.85 bits per heavy atom. The standard InChI is InChI=1S/C15H20N2O3/c1-2-3-9-14(18)17-16-13(10-11-15(19)20)12-7-5-4-6-8-12/h4-8H,2-3,9-11H2,1H3,(H,17,18)(H,19,20)/b16-13-. The number of carbonyl (C=O) groups excluding carboxylic acids is 1. The van der Waals surface area contributed by atoms with E-state index in [0.717, 1.165) is 18.4 Å². The second-order valence-corrected chi connectivity index (χ2v) is 4.46. The van der Waals surface area contributed by atoms with Gasteiger partial charge in [-0.15, -0.1) is 0 Å². The number of benzene rings is 1. The van der Waals surface area contributed by atoms with Crippen molar-refractivity contribution < 1.29 is 14.7 Å². The zero-order valence-electron chi connectivity index (χ0n) is 11.6. The summed E-state index contributed by atoms with van der Waals surface area (Å²) in [5.74, 6) is -1.03. The van der Waals surface area contributed by atoms with E-state index < -0.39 is 5.97 Å². The van der Waals surface area contributed by atoms with Gasteiger partial charge in [0.15, 0.2) is 0 Å². The molecular formula is C15H20N2O3. The first-order valence-corrected chi connectivity index (χ1v) is 6.76. The molecule has 0 radical (unpaired) electrons. The number of nitrogens with zero attached hydrogens (tertiary/aromatic N) is 1. The summed E-state index contributed by atoms with van der Waals surface area (Å²) in [6.07, 6.45) is 2.46. The molecule has 0 bridgehead atoms. The van der Waals surface area contributed by atoms with Crippen molar-refractivity contribution in [1.29, 1.82) is 0 Å². The molecule has 0 saturated carbocycles. The summed E-state index contributed by atoms with van der Waals surface area (Å²) in [5.41, 5.74) is 3.90. The molecule has 0 aliphatic rings. The largest absolute Gasteiger partial charge is 0.481 e. The van der Waals surface area contributed by atoms with Gasteiger partial charge in [-0.05, 0) is 12.0 Å². The predicted molar refractivity (Wildman–Crippen MR) is 77.5 cm³/mol. The van der Waals surface area contributed by atoms with Gasteiger partial charge in [0, 0.05) is 12.8 Å². The van der Waals surface area contributed by atoms with Gasteiger partial charge in [0.05, 0.1) is 12.1 Å². The lowest BCUT2D eigenvalue weighted by atomic mass is 10.1. The average molecular weight is 276 g/mol. The van der Waals surface area contributed by atoms with E-state index in [2.05, 4.69) is 10.5 Å². The summed E-state index contributed by atoms with van der Waals surface area (Å²) in [6, 6.07) is 9.27. The van der Waals surface area contributed by atoms with Crippen molar-refractivity contribution in [2.45, 2.75) is 39.0 Å². The Hall–Kier alpha value is -2.17. The van der Waals surface area contributed by atoms with Gasteiger partial charge in [-0.2, -0.15) is 5.10 Å². The third kappa shape index (κ3) is 6.13. The highest BCUT2D eigenvalue weighted by atomic mass is 16.4. The summed E-state index contributed by atoms with van der Waals surface area (Å²) in [7, 11) is 0. The second kappa shape index (κ2) is 8.85. The van der Waals surface area contributed by atoms with Gasteiger partial charge >= 0.3 is 5.97 Å². The Kier molecular flexibility index (Phi) is 7.03. The molecule has 0 aromatic heterocycles. The molecule has 1 aromatic rings. The van der Waals surface area contributed by atoms with Crippen LogP contribution in [0.4, 0.5) is 0 Å². The van der Waals surface area contributed by atoms with E-state index in [1.165, 1.54) is 0 Å². The molecule has 5 nitrogen and oxygen atoms in total. The van der Waals surface area contributed by atoms with Gasteiger partial charge in [0.2, 0.25) is 5.91 Å². The highest BCUT2D eigenvalue weighted by molar-refractivity contribution is 6.02. The van der Waals surface area contributed by atoms with Gasteiger partial charge < -0.3 is 5.11 Å². The minimum absolute atomic E-state index is 0.0153. The molecule has 0 aliphatic heterocycles. The number of hydrazone groups is 1. The fourth-order valence-electron chi connectivity index (χ4n) is 1.64. The number of carbonyl (C=O) groups is 2. The number of rotatable bonds is 8. The van der Waals surface area contributed by atoms with Crippen LogP contribution in [0.15, 0.2) is 35.4 Å². The van der Waals surface area contributed by atoms with E-state index in [9.17, 15) is 9.59 Å². The van der Waals surface area contributed by atoms with Crippen LogP contribution in [0, 0.1) is 0 Å². The maximum atomic E-state index is 11.5. The molecule has 1 aromatic carbocycles. The SMILES string of the molecule is CCCCC(=O)N/N=C(/CCC(=O)O)c1ccccc1. The zero-order valence-corrected chi connectivity index (χ0v) is 11.6. The van der Waals surface area contributed by atoms with Crippen LogP contribution in [0.3, 0.4) is 0 Å². The topological polar surface area (TPSA) is 78.8 Å². The predicted octanol–water partition coefficient (Wildman–Crippen LogP) is 2.56. The maximum Gasteiger partial charge on any atom is 0.303 e. The molecule has 0 heterocycles. The van der Waals surface area contributed by atoms with Crippen LogP contribution in [0.25, 0.3) is 0 Å². The minimum atomic E-state index is -0.883.